The molecule has 1 aromatic rings. The Morgan fingerprint density at radius 2 is 2.00 bits per heavy atom. The van der Waals surface area contributed by atoms with Crippen molar-refractivity contribution in [1.29, 1.82) is 0 Å². The van der Waals surface area contributed by atoms with Gasteiger partial charge >= 0.3 is 0 Å². The molecule has 0 aliphatic carbocycles. The molecule has 8 heteroatoms. The summed E-state index contributed by atoms with van der Waals surface area (Å²) in [6.45, 7) is 1.41. The third-order valence-corrected chi connectivity index (χ3v) is 4.98. The van der Waals surface area contributed by atoms with Crippen LogP contribution in [0.25, 0.3) is 0 Å². The highest BCUT2D eigenvalue weighted by Crippen LogP contribution is 2.31. The lowest BCUT2D eigenvalue weighted by molar-refractivity contribution is -0.0999. The first-order valence-corrected chi connectivity index (χ1v) is 9.15. The second-order valence-electron chi connectivity index (χ2n) is 5.84. The molecule has 0 spiro atoms. The highest BCUT2D eigenvalue weighted by atomic mass is 32.2. The number of aliphatic hydroxyl groups excluding tert-OH is 5. The Morgan fingerprint density at radius 1 is 1.24 bits per heavy atom. The summed E-state index contributed by atoms with van der Waals surface area (Å²) in [6.07, 6.45) is -3.65. The third kappa shape index (κ3) is 5.34. The minimum atomic E-state index is -1.67. The van der Waals surface area contributed by atoms with E-state index < -0.39 is 31.0 Å². The second-order valence-corrected chi connectivity index (χ2v) is 7.01. The molecule has 0 radical (unpaired) electrons. The van der Waals surface area contributed by atoms with Gasteiger partial charge in [-0.2, -0.15) is 0 Å². The van der Waals surface area contributed by atoms with Crippen LogP contribution >= 0.6 is 11.8 Å². The van der Waals surface area contributed by atoms with Crippen LogP contribution in [0.5, 0.6) is 0 Å². The average molecular weight is 368 g/mol. The van der Waals surface area contributed by atoms with Gasteiger partial charge in [0.2, 0.25) is 0 Å². The van der Waals surface area contributed by atoms with Gasteiger partial charge < -0.3 is 25.5 Å². The fourth-order valence-electron chi connectivity index (χ4n) is 2.33. The van der Waals surface area contributed by atoms with Crippen molar-refractivity contribution >= 4 is 29.5 Å². The summed E-state index contributed by atoms with van der Waals surface area (Å²) in [5.74, 6) is 1.55. The number of aliphatic hydroxyl groups is 5. The first-order valence-electron chi connectivity index (χ1n) is 8.16. The Labute approximate surface area is 150 Å². The Morgan fingerprint density at radius 3 is 2.68 bits per heavy atom. The summed E-state index contributed by atoms with van der Waals surface area (Å²) in [4.78, 5) is 9.61. The van der Waals surface area contributed by atoms with E-state index in [2.05, 4.69) is 23.0 Å². The molecule has 1 aliphatic heterocycles. The van der Waals surface area contributed by atoms with Gasteiger partial charge in [-0.3, -0.25) is 0 Å². The molecule has 7 nitrogen and oxygen atoms in total. The molecule has 138 valence electrons. The van der Waals surface area contributed by atoms with E-state index in [0.717, 1.165) is 29.6 Å². The molecule has 2 rings (SSSR count). The molecule has 4 atom stereocenters. The van der Waals surface area contributed by atoms with Crippen LogP contribution < -0.4 is 0 Å². The minimum absolute atomic E-state index is 0.496. The number of rotatable bonds is 8. The van der Waals surface area contributed by atoms with Crippen LogP contribution in [0.3, 0.4) is 0 Å². The number of nitrogens with zero attached hydrogens (tertiary/aromatic N) is 2. The number of benzene rings is 1. The fraction of sp³-hybridized carbons (Fsp3) is 0.529. The van der Waals surface area contributed by atoms with Gasteiger partial charge in [0.1, 0.15) is 30.3 Å². The van der Waals surface area contributed by atoms with E-state index in [0.29, 0.717) is 12.3 Å². The van der Waals surface area contributed by atoms with Crippen LogP contribution in [0.1, 0.15) is 18.9 Å². The lowest BCUT2D eigenvalue weighted by atomic mass is 10.0. The van der Waals surface area contributed by atoms with Crippen molar-refractivity contribution in [2.75, 3.05) is 12.4 Å². The standard InChI is InChI=1S/C17H24N2O5S/c1-2-5-25-11-3-4-12-10(6-11)7-15(19-12)18-8-13(21)16(23)17(24)14(22)9-20/h3-4,6,8,13-14,16-17,20-24H,2,5,7,9H2,1H3. The van der Waals surface area contributed by atoms with Crippen molar-refractivity contribution in [3.05, 3.63) is 23.8 Å². The van der Waals surface area contributed by atoms with Gasteiger partial charge in [0.25, 0.3) is 0 Å². The van der Waals surface area contributed by atoms with Crippen molar-refractivity contribution in [1.82, 2.24) is 0 Å². The monoisotopic (exact) mass is 368 g/mol. The minimum Gasteiger partial charge on any atom is -0.394 e. The maximum Gasteiger partial charge on any atom is 0.133 e. The normalized spacial score (nSPS) is 18.7. The quantitative estimate of drug-likeness (QED) is 0.331. The molecule has 0 bridgehead atoms. The smallest absolute Gasteiger partial charge is 0.133 e. The maximum atomic E-state index is 9.84. The highest BCUT2D eigenvalue weighted by Gasteiger charge is 2.29. The lowest BCUT2D eigenvalue weighted by Crippen LogP contribution is -2.46. The van der Waals surface area contributed by atoms with E-state index in [1.54, 1.807) is 11.8 Å². The average Bonchev–Trinajstić information content (AvgIpc) is 3.04. The van der Waals surface area contributed by atoms with E-state index in [-0.39, 0.29) is 0 Å². The Bertz CT molecular complexity index is 637. The first kappa shape index (κ1) is 20.0. The Hall–Kier alpha value is -1.29. The van der Waals surface area contributed by atoms with E-state index in [4.69, 9.17) is 5.11 Å². The SMILES string of the molecule is CCCSc1ccc2c(c1)CC(N=CC(O)C(O)C(O)C(O)CO)=N2. The van der Waals surface area contributed by atoms with Crippen LogP contribution in [0, 0.1) is 0 Å². The molecule has 0 aromatic heterocycles. The van der Waals surface area contributed by atoms with Crippen molar-refractivity contribution in [3.8, 4) is 0 Å². The lowest BCUT2D eigenvalue weighted by Gasteiger charge is -2.23. The van der Waals surface area contributed by atoms with Crippen LogP contribution in [0.15, 0.2) is 33.1 Å². The molecule has 0 saturated carbocycles. The maximum absolute atomic E-state index is 9.84. The molecule has 1 aromatic carbocycles. The molecule has 4 unspecified atom stereocenters. The van der Waals surface area contributed by atoms with Gasteiger partial charge in [-0.15, -0.1) is 11.8 Å². The first-order chi connectivity index (χ1) is 12.0. The van der Waals surface area contributed by atoms with Crippen molar-refractivity contribution < 1.29 is 25.5 Å². The van der Waals surface area contributed by atoms with E-state index in [9.17, 15) is 20.4 Å². The summed E-state index contributed by atoms with van der Waals surface area (Å²) >= 11 is 1.78. The summed E-state index contributed by atoms with van der Waals surface area (Å²) in [5, 5.41) is 47.2. The molecule has 0 saturated heterocycles. The summed E-state index contributed by atoms with van der Waals surface area (Å²) in [7, 11) is 0. The summed E-state index contributed by atoms with van der Waals surface area (Å²) < 4.78 is 0. The second kappa shape index (κ2) is 9.42. The van der Waals surface area contributed by atoms with Crippen LogP contribution in [-0.4, -0.2) is 74.4 Å². The van der Waals surface area contributed by atoms with E-state index >= 15 is 0 Å². The van der Waals surface area contributed by atoms with Gasteiger partial charge in [-0.25, -0.2) is 9.98 Å². The number of aliphatic imine (C=N–C) groups is 2. The zero-order chi connectivity index (χ0) is 18.4. The fourth-order valence-corrected chi connectivity index (χ4v) is 3.16. The van der Waals surface area contributed by atoms with Crippen molar-refractivity contribution in [2.24, 2.45) is 9.98 Å². The number of hydrogen-bond donors (Lipinski definition) is 5. The van der Waals surface area contributed by atoms with Gasteiger partial charge in [-0.05, 0) is 35.9 Å². The predicted octanol–water partition coefficient (Wildman–Crippen LogP) is 0.281. The van der Waals surface area contributed by atoms with Crippen molar-refractivity contribution in [2.45, 2.75) is 49.1 Å². The van der Waals surface area contributed by atoms with Crippen LogP contribution in [-0.2, 0) is 6.42 Å². The predicted molar refractivity (Wildman–Crippen MR) is 97.9 cm³/mol. The molecular weight excluding hydrogens is 344 g/mol. The zero-order valence-electron chi connectivity index (χ0n) is 14.0. The van der Waals surface area contributed by atoms with Gasteiger partial charge in [0.05, 0.1) is 12.3 Å². The number of thioether (sulfide) groups is 1. The number of hydrogen-bond acceptors (Lipinski definition) is 8. The largest absolute Gasteiger partial charge is 0.394 e. The van der Waals surface area contributed by atoms with Gasteiger partial charge in [-0.1, -0.05) is 6.92 Å². The number of fused-ring (bicyclic) bond motifs is 1. The molecule has 25 heavy (non-hydrogen) atoms. The molecule has 0 amide bonds. The highest BCUT2D eigenvalue weighted by molar-refractivity contribution is 7.99. The topological polar surface area (TPSA) is 126 Å². The third-order valence-electron chi connectivity index (χ3n) is 3.78. The summed E-state index contributed by atoms with van der Waals surface area (Å²) in [5.41, 5.74) is 1.89. The molecular formula is C17H24N2O5S. The van der Waals surface area contributed by atoms with Crippen molar-refractivity contribution in [3.63, 3.8) is 0 Å². The zero-order valence-corrected chi connectivity index (χ0v) is 14.8. The Balaban J connectivity index is 1.96. The number of amidine groups is 1. The van der Waals surface area contributed by atoms with E-state index in [1.807, 2.05) is 12.1 Å². The molecule has 0 fully saturated rings. The van der Waals surface area contributed by atoms with Gasteiger partial charge in [0, 0.05) is 17.5 Å². The molecule has 1 aliphatic rings. The van der Waals surface area contributed by atoms with Crippen LogP contribution in [0.2, 0.25) is 0 Å². The van der Waals surface area contributed by atoms with Crippen LogP contribution in [0.4, 0.5) is 5.69 Å². The molecule has 5 N–H and O–H groups in total. The Kier molecular flexibility index (Phi) is 7.55. The van der Waals surface area contributed by atoms with E-state index in [1.165, 1.54) is 4.90 Å². The van der Waals surface area contributed by atoms with Gasteiger partial charge in [0.15, 0.2) is 0 Å². The molecule has 1 heterocycles. The summed E-state index contributed by atoms with van der Waals surface area (Å²) in [6, 6.07) is 6.03.